The first-order chi connectivity index (χ1) is 9.77. The van der Waals surface area contributed by atoms with E-state index in [9.17, 15) is 12.8 Å². The summed E-state index contributed by atoms with van der Waals surface area (Å²) in [6.07, 6.45) is -0.729. The number of anilines is 1. The monoisotopic (exact) mass is 356 g/mol. The van der Waals surface area contributed by atoms with Crippen LogP contribution in [-0.4, -0.2) is 45.7 Å². The third-order valence-electron chi connectivity index (χ3n) is 3.02. The van der Waals surface area contributed by atoms with Crippen LogP contribution in [0.1, 0.15) is 0 Å². The van der Waals surface area contributed by atoms with Gasteiger partial charge >= 0.3 is 0 Å². The van der Waals surface area contributed by atoms with Crippen LogP contribution in [0.2, 0.25) is 10.0 Å². The fourth-order valence-corrected chi connectivity index (χ4v) is 3.16. The van der Waals surface area contributed by atoms with Gasteiger partial charge in [0.25, 0.3) is 0 Å². The van der Waals surface area contributed by atoms with Crippen molar-refractivity contribution in [3.8, 4) is 0 Å². The van der Waals surface area contributed by atoms with E-state index in [4.69, 9.17) is 28.3 Å². The third-order valence-corrected chi connectivity index (χ3v) is 4.51. The van der Waals surface area contributed by atoms with Crippen molar-refractivity contribution in [2.45, 2.75) is 11.1 Å². The number of nitrogens with two attached hydrogens (primary N) is 1. The van der Waals surface area contributed by atoms with Crippen molar-refractivity contribution < 1.29 is 12.8 Å². The molecule has 0 aliphatic carbocycles. The molecule has 118 valence electrons. The van der Waals surface area contributed by atoms with Crippen molar-refractivity contribution in [1.29, 1.82) is 0 Å². The van der Waals surface area contributed by atoms with Gasteiger partial charge in [0.15, 0.2) is 0 Å². The number of hydrogen-bond donors (Lipinski definition) is 3. The normalized spacial score (nSPS) is 16.8. The number of hydrazine groups is 1. The number of hydrogen-bond acceptors (Lipinski definition) is 5. The molecule has 6 nitrogen and oxygen atoms in total. The molecule has 0 atom stereocenters. The summed E-state index contributed by atoms with van der Waals surface area (Å²) in [5, 5.41) is 5.28. The van der Waals surface area contributed by atoms with Gasteiger partial charge in [0, 0.05) is 26.2 Å². The van der Waals surface area contributed by atoms with E-state index in [1.165, 1.54) is 12.1 Å². The molecule has 1 heterocycles. The van der Waals surface area contributed by atoms with E-state index in [-0.39, 0.29) is 14.9 Å². The fraction of sp³-hybridized carbons (Fsp3) is 0.455. The summed E-state index contributed by atoms with van der Waals surface area (Å²) < 4.78 is 35.1. The molecule has 21 heavy (non-hydrogen) atoms. The summed E-state index contributed by atoms with van der Waals surface area (Å²) in [4.78, 5) is 1.80. The molecule has 0 radical (unpaired) electrons. The summed E-state index contributed by atoms with van der Waals surface area (Å²) >= 11 is 11.9. The predicted molar refractivity (Wildman–Crippen MR) is 80.8 cm³/mol. The molecule has 0 amide bonds. The molecule has 0 unspecified atom stereocenters. The van der Waals surface area contributed by atoms with E-state index < -0.39 is 16.2 Å². The molecule has 1 aromatic carbocycles. The van der Waals surface area contributed by atoms with Gasteiger partial charge in [-0.25, -0.2) is 23.4 Å². The number of likely N-dealkylation sites (tertiary alicyclic amines) is 1. The first-order valence-corrected chi connectivity index (χ1v) is 8.45. The van der Waals surface area contributed by atoms with Crippen molar-refractivity contribution in [3.63, 3.8) is 0 Å². The number of alkyl halides is 1. The number of nitrogens with zero attached hydrogens (tertiary/aromatic N) is 1. The fourth-order valence-electron chi connectivity index (χ4n) is 1.89. The summed E-state index contributed by atoms with van der Waals surface area (Å²) in [5.74, 6) is 0. The number of primary sulfonamides is 1. The van der Waals surface area contributed by atoms with Crippen LogP contribution in [0.15, 0.2) is 17.0 Å². The quantitative estimate of drug-likeness (QED) is 0.526. The lowest BCUT2D eigenvalue weighted by Crippen LogP contribution is -2.50. The van der Waals surface area contributed by atoms with Gasteiger partial charge in [-0.2, -0.15) is 0 Å². The molecule has 4 N–H and O–H groups in total. The predicted octanol–water partition coefficient (Wildman–Crippen LogP) is 1.21. The zero-order valence-electron chi connectivity index (χ0n) is 10.9. The van der Waals surface area contributed by atoms with Gasteiger partial charge in [0.2, 0.25) is 10.0 Å². The number of halogens is 3. The van der Waals surface area contributed by atoms with Crippen LogP contribution in [0, 0.1) is 0 Å². The van der Waals surface area contributed by atoms with Crippen molar-refractivity contribution in [2.24, 2.45) is 5.14 Å². The Morgan fingerprint density at radius 3 is 2.38 bits per heavy atom. The minimum Gasteiger partial charge on any atom is -0.319 e. The molecule has 0 aromatic heterocycles. The van der Waals surface area contributed by atoms with E-state index >= 15 is 0 Å². The summed E-state index contributed by atoms with van der Waals surface area (Å²) in [7, 11) is -3.86. The largest absolute Gasteiger partial charge is 0.319 e. The van der Waals surface area contributed by atoms with Gasteiger partial charge in [-0.1, -0.05) is 23.2 Å². The highest BCUT2D eigenvalue weighted by Gasteiger charge is 2.25. The topological polar surface area (TPSA) is 87.5 Å². The molecule has 1 aliphatic rings. The third kappa shape index (κ3) is 4.41. The Hall–Kier alpha value is -0.640. The Labute approximate surface area is 132 Å². The summed E-state index contributed by atoms with van der Waals surface area (Å²) in [6.45, 7) is 2.13. The highest BCUT2D eigenvalue weighted by molar-refractivity contribution is 7.89. The molecule has 2 rings (SSSR count). The molecule has 1 aliphatic heterocycles. The van der Waals surface area contributed by atoms with Crippen molar-refractivity contribution in [1.82, 2.24) is 10.3 Å². The maximum Gasteiger partial charge on any atom is 0.238 e. The van der Waals surface area contributed by atoms with E-state index in [0.717, 1.165) is 0 Å². The number of benzene rings is 1. The Morgan fingerprint density at radius 1 is 1.33 bits per heavy atom. The van der Waals surface area contributed by atoms with Gasteiger partial charge in [-0.15, -0.1) is 0 Å². The standard InChI is InChI=1S/C11H15Cl2FN4O2S/c12-9-3-8(21(15,19)20)4-10(13)11(9)17-16-1-2-18-5-7(14)6-18/h3-4,7,16-17H,1-2,5-6H2,(H2,15,19,20). The molecular weight excluding hydrogens is 342 g/mol. The van der Waals surface area contributed by atoms with Gasteiger partial charge in [0.1, 0.15) is 6.17 Å². The lowest BCUT2D eigenvalue weighted by atomic mass is 10.2. The van der Waals surface area contributed by atoms with E-state index in [1.807, 2.05) is 4.90 Å². The maximum absolute atomic E-state index is 12.6. The second kappa shape index (κ2) is 6.64. The van der Waals surface area contributed by atoms with E-state index in [1.54, 1.807) is 0 Å². The highest BCUT2D eigenvalue weighted by atomic mass is 35.5. The SMILES string of the molecule is NS(=O)(=O)c1cc(Cl)c(NNCCN2CC(F)C2)c(Cl)c1. The molecule has 10 heteroatoms. The van der Waals surface area contributed by atoms with Crippen molar-refractivity contribution in [3.05, 3.63) is 22.2 Å². The van der Waals surface area contributed by atoms with Crippen LogP contribution in [0.4, 0.5) is 10.1 Å². The Bertz CT molecular complexity index is 600. The zero-order valence-corrected chi connectivity index (χ0v) is 13.3. The van der Waals surface area contributed by atoms with Crippen molar-refractivity contribution >= 4 is 38.9 Å². The molecule has 0 spiro atoms. The van der Waals surface area contributed by atoms with E-state index in [0.29, 0.717) is 31.9 Å². The van der Waals surface area contributed by atoms with Gasteiger partial charge in [-0.3, -0.25) is 4.90 Å². The number of rotatable bonds is 6. The average Bonchev–Trinajstić information content (AvgIpc) is 2.33. The maximum atomic E-state index is 12.6. The number of nitrogens with one attached hydrogen (secondary N) is 2. The van der Waals surface area contributed by atoms with Crippen LogP contribution in [0.25, 0.3) is 0 Å². The Balaban J connectivity index is 1.91. The smallest absolute Gasteiger partial charge is 0.238 e. The molecule has 0 bridgehead atoms. The molecular formula is C11H15Cl2FN4O2S. The molecule has 0 saturated carbocycles. The Morgan fingerprint density at radius 2 is 1.90 bits per heavy atom. The van der Waals surface area contributed by atoms with Crippen LogP contribution in [0.5, 0.6) is 0 Å². The molecule has 1 saturated heterocycles. The highest BCUT2D eigenvalue weighted by Crippen LogP contribution is 2.32. The zero-order chi connectivity index (χ0) is 15.6. The lowest BCUT2D eigenvalue weighted by molar-refractivity contribution is 0.0673. The average molecular weight is 357 g/mol. The summed E-state index contributed by atoms with van der Waals surface area (Å²) in [5.41, 5.74) is 6.06. The summed E-state index contributed by atoms with van der Waals surface area (Å²) in [6, 6.07) is 2.44. The van der Waals surface area contributed by atoms with Crippen LogP contribution in [0.3, 0.4) is 0 Å². The van der Waals surface area contributed by atoms with Crippen LogP contribution < -0.4 is 16.0 Å². The van der Waals surface area contributed by atoms with Crippen LogP contribution in [-0.2, 0) is 10.0 Å². The second-order valence-corrected chi connectivity index (χ2v) is 7.09. The first-order valence-electron chi connectivity index (χ1n) is 6.14. The minimum atomic E-state index is -3.86. The molecule has 1 fully saturated rings. The number of sulfonamides is 1. The Kier molecular flexibility index (Phi) is 5.29. The second-order valence-electron chi connectivity index (χ2n) is 4.72. The van der Waals surface area contributed by atoms with E-state index in [2.05, 4.69) is 10.9 Å². The first kappa shape index (κ1) is 16.7. The van der Waals surface area contributed by atoms with Gasteiger partial charge < -0.3 is 5.43 Å². The minimum absolute atomic E-state index is 0.131. The van der Waals surface area contributed by atoms with Crippen LogP contribution >= 0.6 is 23.2 Å². The van der Waals surface area contributed by atoms with Gasteiger partial charge in [0.05, 0.1) is 20.6 Å². The molecule has 1 aromatic rings. The van der Waals surface area contributed by atoms with Crippen molar-refractivity contribution in [2.75, 3.05) is 31.6 Å². The lowest BCUT2D eigenvalue weighted by Gasteiger charge is -2.34. The van der Waals surface area contributed by atoms with Gasteiger partial charge in [-0.05, 0) is 12.1 Å².